The third kappa shape index (κ3) is 6.89. The molecule has 26 heavy (non-hydrogen) atoms. The molecule has 2 heterocycles. The van der Waals surface area contributed by atoms with Crippen LogP contribution in [0.3, 0.4) is 0 Å². The first-order chi connectivity index (χ1) is 12.5. The van der Waals surface area contributed by atoms with Gasteiger partial charge in [0.05, 0.1) is 25.5 Å². The molecule has 0 radical (unpaired) electrons. The van der Waals surface area contributed by atoms with Gasteiger partial charge in [0.1, 0.15) is 11.6 Å². The summed E-state index contributed by atoms with van der Waals surface area (Å²) in [5, 5.41) is 7.61. The molecule has 1 saturated heterocycles. The number of hydrogen-bond donors (Lipinski definition) is 2. The number of carbonyl (C=O) groups is 1. The van der Waals surface area contributed by atoms with Crippen molar-refractivity contribution in [2.75, 3.05) is 60.0 Å². The van der Waals surface area contributed by atoms with Crippen LogP contribution in [0.4, 0.5) is 0 Å². The summed E-state index contributed by atoms with van der Waals surface area (Å²) < 4.78 is 5.37. The van der Waals surface area contributed by atoms with Crippen molar-refractivity contribution in [3.05, 3.63) is 15.6 Å². The zero-order valence-electron chi connectivity index (χ0n) is 16.2. The second-order valence-corrected chi connectivity index (χ2v) is 7.72. The Balaban J connectivity index is 1.87. The number of rotatable bonds is 7. The van der Waals surface area contributed by atoms with E-state index in [0.717, 1.165) is 50.1 Å². The average molecular weight is 383 g/mol. The highest BCUT2D eigenvalue weighted by molar-refractivity contribution is 7.11. The molecule has 0 aromatic carbocycles. The number of aliphatic imine (C=N–C) groups is 1. The highest BCUT2D eigenvalue weighted by Gasteiger charge is 2.11. The minimum absolute atomic E-state index is 0.0276. The van der Waals surface area contributed by atoms with Crippen LogP contribution < -0.4 is 10.6 Å². The Hall–Kier alpha value is -1.71. The molecule has 0 aliphatic carbocycles. The van der Waals surface area contributed by atoms with Crippen LogP contribution in [-0.2, 0) is 16.1 Å². The van der Waals surface area contributed by atoms with Crippen molar-refractivity contribution in [2.45, 2.75) is 20.4 Å². The molecule has 0 saturated carbocycles. The number of hydrogen-bond acceptors (Lipinski definition) is 6. The van der Waals surface area contributed by atoms with Crippen molar-refractivity contribution in [1.82, 2.24) is 25.4 Å². The fraction of sp³-hybridized carbons (Fsp3) is 0.706. The van der Waals surface area contributed by atoms with E-state index in [0.29, 0.717) is 12.5 Å². The number of nitrogens with one attached hydrogen (secondary N) is 2. The molecule has 1 aromatic heterocycles. The predicted molar refractivity (Wildman–Crippen MR) is 105 cm³/mol. The normalized spacial score (nSPS) is 15.8. The molecule has 9 heteroatoms. The molecule has 1 fully saturated rings. The van der Waals surface area contributed by atoms with E-state index in [4.69, 9.17) is 4.74 Å². The molecule has 146 valence electrons. The molecule has 0 spiro atoms. The van der Waals surface area contributed by atoms with Crippen molar-refractivity contribution in [1.29, 1.82) is 0 Å². The third-order valence-corrected chi connectivity index (χ3v) is 5.25. The van der Waals surface area contributed by atoms with Crippen LogP contribution in [0.25, 0.3) is 0 Å². The second-order valence-electron chi connectivity index (χ2n) is 6.44. The van der Waals surface area contributed by atoms with E-state index in [9.17, 15) is 4.79 Å². The standard InChI is InChI=1S/C17H30N6O2S/c1-13-14(2)26-15(21-13)11-19-17(20-12-16(24)22(3)4)18-5-6-23-7-9-25-10-8-23/h5-12H2,1-4H3,(H2,18,19,20). The highest BCUT2D eigenvalue weighted by Crippen LogP contribution is 2.15. The van der Waals surface area contributed by atoms with Crippen LogP contribution in [0.15, 0.2) is 4.99 Å². The number of carbonyl (C=O) groups excluding carboxylic acids is 1. The van der Waals surface area contributed by atoms with E-state index in [2.05, 4.69) is 32.4 Å². The Morgan fingerprint density at radius 3 is 2.65 bits per heavy atom. The van der Waals surface area contributed by atoms with Gasteiger partial charge in [-0.2, -0.15) is 0 Å². The molecular formula is C17H30N6O2S. The average Bonchev–Trinajstić information content (AvgIpc) is 2.95. The van der Waals surface area contributed by atoms with Gasteiger partial charge in [-0.3, -0.25) is 9.69 Å². The molecule has 1 amide bonds. The molecule has 2 N–H and O–H groups in total. The fourth-order valence-corrected chi connectivity index (χ4v) is 3.27. The van der Waals surface area contributed by atoms with Crippen molar-refractivity contribution < 1.29 is 9.53 Å². The Labute approximate surface area is 159 Å². The van der Waals surface area contributed by atoms with E-state index in [-0.39, 0.29) is 12.5 Å². The Kier molecular flexibility index (Phi) is 8.27. The number of ether oxygens (including phenoxy) is 1. The van der Waals surface area contributed by atoms with Gasteiger partial charge < -0.3 is 20.3 Å². The van der Waals surface area contributed by atoms with Gasteiger partial charge in [0, 0.05) is 45.2 Å². The lowest BCUT2D eigenvalue weighted by molar-refractivity contribution is -0.127. The molecule has 0 atom stereocenters. The number of nitrogens with zero attached hydrogens (tertiary/aromatic N) is 4. The van der Waals surface area contributed by atoms with Gasteiger partial charge in [-0.25, -0.2) is 9.98 Å². The maximum absolute atomic E-state index is 11.8. The summed E-state index contributed by atoms with van der Waals surface area (Å²) in [5.41, 5.74) is 1.06. The largest absolute Gasteiger partial charge is 0.379 e. The summed E-state index contributed by atoms with van der Waals surface area (Å²) in [6.07, 6.45) is 0. The summed E-state index contributed by atoms with van der Waals surface area (Å²) in [5.74, 6) is 0.610. The monoisotopic (exact) mass is 382 g/mol. The van der Waals surface area contributed by atoms with Crippen LogP contribution >= 0.6 is 11.3 Å². The van der Waals surface area contributed by atoms with Gasteiger partial charge >= 0.3 is 0 Å². The lowest BCUT2D eigenvalue weighted by Crippen LogP contribution is -2.44. The zero-order chi connectivity index (χ0) is 18.9. The number of thiazole rings is 1. The Morgan fingerprint density at radius 2 is 2.04 bits per heavy atom. The summed E-state index contributed by atoms with van der Waals surface area (Å²) >= 11 is 1.68. The molecule has 0 unspecified atom stereocenters. The van der Waals surface area contributed by atoms with Crippen LogP contribution in [0, 0.1) is 13.8 Å². The maximum atomic E-state index is 11.8. The number of likely N-dealkylation sites (N-methyl/N-ethyl adjacent to an activating group) is 1. The van der Waals surface area contributed by atoms with Gasteiger partial charge in [0.15, 0.2) is 5.96 Å². The van der Waals surface area contributed by atoms with Crippen molar-refractivity contribution in [2.24, 2.45) is 4.99 Å². The first kappa shape index (κ1) is 20.6. The second kappa shape index (κ2) is 10.4. The van der Waals surface area contributed by atoms with Crippen molar-refractivity contribution in [3.8, 4) is 0 Å². The third-order valence-electron chi connectivity index (χ3n) is 4.18. The molecule has 1 aliphatic rings. The highest BCUT2D eigenvalue weighted by atomic mass is 32.1. The van der Waals surface area contributed by atoms with Crippen molar-refractivity contribution in [3.63, 3.8) is 0 Å². The summed E-state index contributed by atoms with van der Waals surface area (Å²) in [4.78, 5) is 25.9. The van der Waals surface area contributed by atoms with E-state index in [1.807, 2.05) is 6.92 Å². The fourth-order valence-electron chi connectivity index (χ4n) is 2.39. The zero-order valence-corrected chi connectivity index (χ0v) is 17.0. The van der Waals surface area contributed by atoms with E-state index in [1.54, 1.807) is 30.3 Å². The number of aryl methyl sites for hydroxylation is 2. The van der Waals surface area contributed by atoms with E-state index >= 15 is 0 Å². The van der Waals surface area contributed by atoms with Gasteiger partial charge in [0.25, 0.3) is 0 Å². The van der Waals surface area contributed by atoms with Crippen LogP contribution in [-0.4, -0.2) is 86.7 Å². The lowest BCUT2D eigenvalue weighted by atomic mass is 10.4. The number of aromatic nitrogens is 1. The Morgan fingerprint density at radius 1 is 1.31 bits per heavy atom. The van der Waals surface area contributed by atoms with Crippen LogP contribution in [0.1, 0.15) is 15.6 Å². The number of guanidine groups is 1. The SMILES string of the molecule is Cc1nc(CNC(=NCC(=O)N(C)C)NCCN2CCOCC2)sc1C. The van der Waals surface area contributed by atoms with Gasteiger partial charge in [-0.05, 0) is 13.8 Å². The smallest absolute Gasteiger partial charge is 0.243 e. The molecule has 8 nitrogen and oxygen atoms in total. The maximum Gasteiger partial charge on any atom is 0.243 e. The van der Waals surface area contributed by atoms with Crippen LogP contribution in [0.2, 0.25) is 0 Å². The van der Waals surface area contributed by atoms with Gasteiger partial charge in [-0.15, -0.1) is 11.3 Å². The van der Waals surface area contributed by atoms with Gasteiger partial charge in [-0.1, -0.05) is 0 Å². The summed E-state index contributed by atoms with van der Waals surface area (Å²) in [6, 6.07) is 0. The van der Waals surface area contributed by atoms with Crippen LogP contribution in [0.5, 0.6) is 0 Å². The minimum Gasteiger partial charge on any atom is -0.379 e. The first-order valence-corrected chi connectivity index (χ1v) is 9.72. The van der Waals surface area contributed by atoms with E-state index in [1.165, 1.54) is 4.88 Å². The molecule has 2 rings (SSSR count). The summed E-state index contributed by atoms with van der Waals surface area (Å²) in [6.45, 7) is 9.98. The topological polar surface area (TPSA) is 82.1 Å². The number of amides is 1. The lowest BCUT2D eigenvalue weighted by Gasteiger charge is -2.26. The first-order valence-electron chi connectivity index (χ1n) is 8.91. The molecule has 1 aliphatic heterocycles. The van der Waals surface area contributed by atoms with Gasteiger partial charge in [0.2, 0.25) is 5.91 Å². The molecular weight excluding hydrogens is 352 g/mol. The predicted octanol–water partition coefficient (Wildman–Crippen LogP) is 0.216. The molecule has 1 aromatic rings. The number of morpholine rings is 1. The Bertz CT molecular complexity index is 591. The van der Waals surface area contributed by atoms with Crippen molar-refractivity contribution >= 4 is 23.2 Å². The molecule has 0 bridgehead atoms. The van der Waals surface area contributed by atoms with E-state index < -0.39 is 0 Å². The summed E-state index contributed by atoms with van der Waals surface area (Å²) in [7, 11) is 3.47. The quantitative estimate of drug-likeness (QED) is 0.518. The minimum atomic E-state index is -0.0276.